The van der Waals surface area contributed by atoms with Crippen LogP contribution >= 0.6 is 0 Å². The SMILES string of the molecule is COC(=O)/C=C/c1ccc(OC(=O)c2ccc(OCCCC(F)(F)F)cc2)cc1. The van der Waals surface area contributed by atoms with Gasteiger partial charge in [-0.2, -0.15) is 13.2 Å². The molecular weight excluding hydrogens is 389 g/mol. The molecule has 0 saturated carbocycles. The predicted molar refractivity (Wildman–Crippen MR) is 99.7 cm³/mol. The summed E-state index contributed by atoms with van der Waals surface area (Å²) in [6.45, 7) is -0.0694. The highest BCUT2D eigenvalue weighted by Gasteiger charge is 2.26. The van der Waals surface area contributed by atoms with E-state index in [0.717, 1.165) is 5.56 Å². The van der Waals surface area contributed by atoms with E-state index in [4.69, 9.17) is 9.47 Å². The topological polar surface area (TPSA) is 61.8 Å². The minimum Gasteiger partial charge on any atom is -0.494 e. The third-order valence-corrected chi connectivity index (χ3v) is 3.67. The molecule has 0 aromatic heterocycles. The summed E-state index contributed by atoms with van der Waals surface area (Å²) in [5.74, 6) is -0.386. The molecule has 2 aromatic rings. The Bertz CT molecular complexity index is 840. The van der Waals surface area contributed by atoms with E-state index < -0.39 is 24.5 Å². The molecule has 2 rings (SSSR count). The number of esters is 2. The van der Waals surface area contributed by atoms with Crippen LogP contribution in [0, 0.1) is 0 Å². The molecule has 2 aromatic carbocycles. The summed E-state index contributed by atoms with van der Waals surface area (Å²) in [4.78, 5) is 23.2. The Hall–Kier alpha value is -3.29. The van der Waals surface area contributed by atoms with Crippen LogP contribution < -0.4 is 9.47 Å². The van der Waals surface area contributed by atoms with E-state index in [1.807, 2.05) is 0 Å². The van der Waals surface area contributed by atoms with Crippen molar-refractivity contribution in [3.05, 3.63) is 65.7 Å². The maximum atomic E-state index is 12.2. The molecule has 0 amide bonds. The zero-order chi connectivity index (χ0) is 21.3. The number of carbonyl (C=O) groups excluding carboxylic acids is 2. The van der Waals surface area contributed by atoms with Crippen LogP contribution in [0.25, 0.3) is 6.08 Å². The summed E-state index contributed by atoms with van der Waals surface area (Å²) < 4.78 is 51.2. The lowest BCUT2D eigenvalue weighted by Crippen LogP contribution is -2.10. The van der Waals surface area contributed by atoms with E-state index in [2.05, 4.69) is 4.74 Å². The molecule has 5 nitrogen and oxygen atoms in total. The Balaban J connectivity index is 1.86. The first-order valence-corrected chi connectivity index (χ1v) is 8.65. The number of ether oxygens (including phenoxy) is 3. The second-order valence-electron chi connectivity index (χ2n) is 5.91. The Morgan fingerprint density at radius 2 is 1.59 bits per heavy atom. The molecular formula is C21H19F3O5. The van der Waals surface area contributed by atoms with Crippen LogP contribution in [0.1, 0.15) is 28.8 Å². The van der Waals surface area contributed by atoms with Crippen LogP contribution in [0.3, 0.4) is 0 Å². The highest BCUT2D eigenvalue weighted by Crippen LogP contribution is 2.22. The molecule has 0 aliphatic heterocycles. The van der Waals surface area contributed by atoms with Crippen molar-refractivity contribution in [2.24, 2.45) is 0 Å². The quantitative estimate of drug-likeness (QED) is 0.271. The summed E-state index contributed by atoms with van der Waals surface area (Å²) in [7, 11) is 1.28. The Morgan fingerprint density at radius 3 is 2.17 bits per heavy atom. The van der Waals surface area contributed by atoms with Gasteiger partial charge in [-0.3, -0.25) is 0 Å². The Kier molecular flexibility index (Phi) is 7.82. The van der Waals surface area contributed by atoms with Crippen molar-refractivity contribution < 1.29 is 37.0 Å². The molecule has 0 fully saturated rings. The van der Waals surface area contributed by atoms with Crippen molar-refractivity contribution in [2.45, 2.75) is 19.0 Å². The summed E-state index contributed by atoms with van der Waals surface area (Å²) in [5.41, 5.74) is 0.990. The molecule has 0 aliphatic carbocycles. The zero-order valence-corrected chi connectivity index (χ0v) is 15.6. The average molecular weight is 408 g/mol. The Labute approximate surface area is 165 Å². The lowest BCUT2D eigenvalue weighted by atomic mass is 10.2. The third-order valence-electron chi connectivity index (χ3n) is 3.67. The van der Waals surface area contributed by atoms with Gasteiger partial charge in [-0.1, -0.05) is 12.1 Å². The molecule has 0 aliphatic rings. The van der Waals surface area contributed by atoms with E-state index >= 15 is 0 Å². The van der Waals surface area contributed by atoms with Gasteiger partial charge < -0.3 is 14.2 Å². The normalized spacial score (nSPS) is 11.3. The van der Waals surface area contributed by atoms with Crippen LogP contribution in [0.5, 0.6) is 11.5 Å². The Morgan fingerprint density at radius 1 is 0.966 bits per heavy atom. The molecule has 0 bridgehead atoms. The van der Waals surface area contributed by atoms with Gasteiger partial charge in [-0.15, -0.1) is 0 Å². The van der Waals surface area contributed by atoms with Crippen molar-refractivity contribution in [3.63, 3.8) is 0 Å². The first kappa shape index (κ1) is 22.0. The maximum absolute atomic E-state index is 12.2. The number of methoxy groups -OCH3 is 1. The van der Waals surface area contributed by atoms with Gasteiger partial charge in [-0.05, 0) is 54.5 Å². The second-order valence-corrected chi connectivity index (χ2v) is 5.91. The van der Waals surface area contributed by atoms with Crippen LogP contribution in [-0.4, -0.2) is 31.8 Å². The highest BCUT2D eigenvalue weighted by molar-refractivity contribution is 5.91. The number of carbonyl (C=O) groups is 2. The first-order valence-electron chi connectivity index (χ1n) is 8.65. The summed E-state index contributed by atoms with van der Waals surface area (Å²) >= 11 is 0. The van der Waals surface area contributed by atoms with Crippen molar-refractivity contribution in [1.82, 2.24) is 0 Å². The second kappa shape index (κ2) is 10.3. The van der Waals surface area contributed by atoms with Crippen molar-refractivity contribution in [1.29, 1.82) is 0 Å². The number of hydrogen-bond acceptors (Lipinski definition) is 5. The lowest BCUT2D eigenvalue weighted by molar-refractivity contribution is -0.136. The van der Waals surface area contributed by atoms with E-state index in [1.54, 1.807) is 30.3 Å². The molecule has 0 N–H and O–H groups in total. The molecule has 0 heterocycles. The van der Waals surface area contributed by atoms with E-state index in [0.29, 0.717) is 11.5 Å². The monoisotopic (exact) mass is 408 g/mol. The number of benzene rings is 2. The molecule has 0 atom stereocenters. The fraction of sp³-hybridized carbons (Fsp3) is 0.238. The van der Waals surface area contributed by atoms with Crippen LogP contribution in [0.4, 0.5) is 13.2 Å². The van der Waals surface area contributed by atoms with Gasteiger partial charge in [0, 0.05) is 12.5 Å². The summed E-state index contributed by atoms with van der Waals surface area (Å²) in [6, 6.07) is 12.4. The molecule has 8 heteroatoms. The van der Waals surface area contributed by atoms with Crippen LogP contribution in [-0.2, 0) is 9.53 Å². The largest absolute Gasteiger partial charge is 0.494 e. The number of halogens is 3. The standard InChI is InChI=1S/C21H19F3O5/c1-27-19(25)12-5-15-3-8-18(9-4-15)29-20(26)16-6-10-17(11-7-16)28-14-2-13-21(22,23)24/h3-12H,2,13-14H2,1H3/b12-5+. The van der Waals surface area contributed by atoms with Gasteiger partial charge in [0.05, 0.1) is 19.3 Å². The molecule has 0 unspecified atom stereocenters. The fourth-order valence-electron chi connectivity index (χ4n) is 2.20. The first-order chi connectivity index (χ1) is 13.8. The van der Waals surface area contributed by atoms with Gasteiger partial charge in [0.15, 0.2) is 0 Å². The number of hydrogen-bond donors (Lipinski definition) is 0. The van der Waals surface area contributed by atoms with Gasteiger partial charge in [-0.25, -0.2) is 9.59 Å². The molecule has 154 valence electrons. The maximum Gasteiger partial charge on any atom is 0.389 e. The van der Waals surface area contributed by atoms with E-state index in [-0.39, 0.29) is 18.6 Å². The fourth-order valence-corrected chi connectivity index (χ4v) is 2.20. The minimum absolute atomic E-state index is 0.0694. The van der Waals surface area contributed by atoms with Gasteiger partial charge in [0.2, 0.25) is 0 Å². The summed E-state index contributed by atoms with van der Waals surface area (Å²) in [6.07, 6.45) is -2.42. The van der Waals surface area contributed by atoms with Gasteiger partial charge in [0.1, 0.15) is 11.5 Å². The smallest absolute Gasteiger partial charge is 0.389 e. The van der Waals surface area contributed by atoms with Crippen LogP contribution in [0.2, 0.25) is 0 Å². The van der Waals surface area contributed by atoms with Crippen LogP contribution in [0.15, 0.2) is 54.6 Å². The highest BCUT2D eigenvalue weighted by atomic mass is 19.4. The zero-order valence-electron chi connectivity index (χ0n) is 15.6. The molecule has 0 saturated heterocycles. The van der Waals surface area contributed by atoms with Gasteiger partial charge >= 0.3 is 18.1 Å². The van der Waals surface area contributed by atoms with Gasteiger partial charge in [0.25, 0.3) is 0 Å². The molecule has 0 radical (unpaired) electrons. The van der Waals surface area contributed by atoms with E-state index in [9.17, 15) is 22.8 Å². The van der Waals surface area contributed by atoms with Crippen molar-refractivity contribution >= 4 is 18.0 Å². The van der Waals surface area contributed by atoms with Crippen molar-refractivity contribution in [2.75, 3.05) is 13.7 Å². The van der Waals surface area contributed by atoms with Crippen molar-refractivity contribution in [3.8, 4) is 11.5 Å². The molecule has 29 heavy (non-hydrogen) atoms. The number of rotatable bonds is 8. The third kappa shape index (κ3) is 8.08. The number of alkyl halides is 3. The average Bonchev–Trinajstić information content (AvgIpc) is 2.70. The lowest BCUT2D eigenvalue weighted by Gasteiger charge is -2.09. The molecule has 0 spiro atoms. The summed E-state index contributed by atoms with van der Waals surface area (Å²) in [5, 5.41) is 0. The predicted octanol–water partition coefficient (Wildman–Crippen LogP) is 4.81. The van der Waals surface area contributed by atoms with E-state index in [1.165, 1.54) is 37.5 Å². The minimum atomic E-state index is -4.20.